The molecular formula is C23H26F2N2O5S. The van der Waals surface area contributed by atoms with Gasteiger partial charge in [-0.2, -0.15) is 0 Å². The number of ether oxygens (including phenoxy) is 1. The van der Waals surface area contributed by atoms with Crippen molar-refractivity contribution < 1.29 is 31.1 Å². The molecule has 2 unspecified atom stereocenters. The van der Waals surface area contributed by atoms with Crippen LogP contribution in [0.15, 0.2) is 33.8 Å². The van der Waals surface area contributed by atoms with E-state index in [-0.39, 0.29) is 27.5 Å². The molecule has 33 heavy (non-hydrogen) atoms. The zero-order valence-electron chi connectivity index (χ0n) is 18.7. The van der Waals surface area contributed by atoms with Gasteiger partial charge in [0.25, 0.3) is 11.8 Å². The summed E-state index contributed by atoms with van der Waals surface area (Å²) in [6.45, 7) is 2.83. The molecule has 3 atom stereocenters. The van der Waals surface area contributed by atoms with Crippen molar-refractivity contribution in [2.75, 3.05) is 19.3 Å². The first-order chi connectivity index (χ1) is 15.4. The molecular weight excluding hydrogens is 454 g/mol. The number of nitrogens with zero attached hydrogens (tertiary/aromatic N) is 2. The lowest BCUT2D eigenvalue weighted by molar-refractivity contribution is -0.0720. The number of hydrogen-bond donors (Lipinski definition) is 0. The lowest BCUT2D eigenvalue weighted by atomic mass is 10.0. The summed E-state index contributed by atoms with van der Waals surface area (Å²) in [5.74, 6) is -2.26. The predicted octanol–water partition coefficient (Wildman–Crippen LogP) is 3.79. The number of piperidine rings is 1. The molecule has 0 spiro atoms. The molecule has 0 radical (unpaired) electrons. The summed E-state index contributed by atoms with van der Waals surface area (Å²) in [6, 6.07) is 3.75. The molecule has 3 aliphatic rings. The van der Waals surface area contributed by atoms with E-state index in [4.69, 9.17) is 9.15 Å². The third-order valence-electron chi connectivity index (χ3n) is 7.02. The van der Waals surface area contributed by atoms with E-state index in [0.29, 0.717) is 19.0 Å². The maximum atomic E-state index is 13.7. The van der Waals surface area contributed by atoms with Gasteiger partial charge in [-0.25, -0.2) is 22.2 Å². The number of fused-ring (bicyclic) bond motifs is 1. The fraction of sp³-hybridized carbons (Fsp3) is 0.565. The van der Waals surface area contributed by atoms with Gasteiger partial charge in [0.2, 0.25) is 0 Å². The molecule has 7 nitrogen and oxygen atoms in total. The second-order valence-corrected chi connectivity index (χ2v) is 11.8. The molecule has 10 heteroatoms. The van der Waals surface area contributed by atoms with Crippen LogP contribution in [0.25, 0.3) is 0 Å². The normalized spacial score (nSPS) is 25.6. The summed E-state index contributed by atoms with van der Waals surface area (Å²) in [5.41, 5.74) is 0.556. The Morgan fingerprint density at radius 3 is 2.73 bits per heavy atom. The minimum atomic E-state index is -3.61. The monoisotopic (exact) mass is 480 g/mol. The van der Waals surface area contributed by atoms with Gasteiger partial charge in [0.05, 0.1) is 16.2 Å². The van der Waals surface area contributed by atoms with Crippen LogP contribution in [0.5, 0.6) is 5.75 Å². The molecule has 178 valence electrons. The average Bonchev–Trinajstić information content (AvgIpc) is 3.61. The van der Waals surface area contributed by atoms with E-state index >= 15 is 0 Å². The topological polar surface area (TPSA) is 89.7 Å². The Bertz CT molecular complexity index is 1220. The Hall–Kier alpha value is -2.49. The Morgan fingerprint density at radius 2 is 2.09 bits per heavy atom. The van der Waals surface area contributed by atoms with Crippen LogP contribution in [-0.2, 0) is 15.3 Å². The molecule has 0 bridgehead atoms. The minimum Gasteiger partial charge on any atom is -0.484 e. The van der Waals surface area contributed by atoms with Crippen LogP contribution in [0.3, 0.4) is 0 Å². The molecule has 2 heterocycles. The first kappa shape index (κ1) is 22.3. The van der Waals surface area contributed by atoms with Crippen LogP contribution in [0.1, 0.15) is 61.0 Å². The van der Waals surface area contributed by atoms with E-state index in [2.05, 4.69) is 4.98 Å². The molecule has 2 aliphatic carbocycles. The van der Waals surface area contributed by atoms with Crippen molar-refractivity contribution in [2.45, 2.75) is 61.4 Å². The highest BCUT2D eigenvalue weighted by molar-refractivity contribution is 7.90. The SMILES string of the molecule is C[C@@H](Oc1ccc(S(C)(=O)=O)cc1C(=O)N1CC2CC2(c2coc(C3CC3)n2)C1)C(C)(F)F. The second kappa shape index (κ2) is 7.25. The van der Waals surface area contributed by atoms with E-state index in [1.165, 1.54) is 25.1 Å². The molecule has 1 saturated heterocycles. The molecule has 3 fully saturated rings. The third kappa shape index (κ3) is 4.02. The first-order valence-electron chi connectivity index (χ1n) is 11.0. The number of aromatic nitrogens is 1. The van der Waals surface area contributed by atoms with E-state index in [1.807, 2.05) is 0 Å². The summed E-state index contributed by atoms with van der Waals surface area (Å²) in [7, 11) is -3.61. The van der Waals surface area contributed by atoms with Gasteiger partial charge in [0.1, 0.15) is 12.0 Å². The van der Waals surface area contributed by atoms with Crippen molar-refractivity contribution in [3.8, 4) is 5.75 Å². The van der Waals surface area contributed by atoms with Crippen LogP contribution >= 0.6 is 0 Å². The van der Waals surface area contributed by atoms with Gasteiger partial charge in [0.15, 0.2) is 21.8 Å². The number of amides is 1. The zero-order valence-corrected chi connectivity index (χ0v) is 19.5. The summed E-state index contributed by atoms with van der Waals surface area (Å²) in [5, 5.41) is 0. The summed E-state index contributed by atoms with van der Waals surface area (Å²) < 4.78 is 62.7. The van der Waals surface area contributed by atoms with Gasteiger partial charge in [-0.3, -0.25) is 4.79 Å². The molecule has 1 amide bonds. The number of rotatable bonds is 7. The molecule has 0 N–H and O–H groups in total. The van der Waals surface area contributed by atoms with Crippen molar-refractivity contribution in [1.29, 1.82) is 0 Å². The molecule has 2 aromatic rings. The summed E-state index contributed by atoms with van der Waals surface area (Å²) in [6.07, 6.45) is 4.28. The number of oxazole rings is 1. The Balaban J connectivity index is 1.42. The number of sulfone groups is 1. The average molecular weight is 481 g/mol. The minimum absolute atomic E-state index is 0.0377. The largest absolute Gasteiger partial charge is 0.484 e. The summed E-state index contributed by atoms with van der Waals surface area (Å²) in [4.78, 5) is 19.7. The number of carbonyl (C=O) groups is 1. The van der Waals surface area contributed by atoms with E-state index < -0.39 is 27.8 Å². The third-order valence-corrected chi connectivity index (χ3v) is 8.13. The smallest absolute Gasteiger partial charge is 0.281 e. The van der Waals surface area contributed by atoms with Crippen LogP contribution in [0, 0.1) is 5.92 Å². The molecule has 5 rings (SSSR count). The number of hydrogen-bond acceptors (Lipinski definition) is 6. The quantitative estimate of drug-likeness (QED) is 0.599. The first-order valence-corrected chi connectivity index (χ1v) is 12.9. The van der Waals surface area contributed by atoms with Gasteiger partial charge in [-0.15, -0.1) is 0 Å². The van der Waals surface area contributed by atoms with Gasteiger partial charge < -0.3 is 14.1 Å². The fourth-order valence-corrected chi connectivity index (χ4v) is 5.19. The lowest BCUT2D eigenvalue weighted by Gasteiger charge is -2.25. The van der Waals surface area contributed by atoms with Crippen molar-refractivity contribution >= 4 is 15.7 Å². The predicted molar refractivity (Wildman–Crippen MR) is 114 cm³/mol. The lowest BCUT2D eigenvalue weighted by Crippen LogP contribution is -2.35. The highest BCUT2D eigenvalue weighted by Crippen LogP contribution is 2.59. The molecule has 1 aromatic carbocycles. The number of alkyl halides is 2. The van der Waals surface area contributed by atoms with E-state index in [1.54, 1.807) is 11.2 Å². The van der Waals surface area contributed by atoms with Crippen molar-refractivity contribution in [3.05, 3.63) is 41.6 Å². The second-order valence-electron chi connectivity index (χ2n) is 9.73. The number of halogens is 2. The molecule has 1 aliphatic heterocycles. The number of likely N-dealkylation sites (tertiary alicyclic amines) is 1. The maximum Gasteiger partial charge on any atom is 0.281 e. The van der Waals surface area contributed by atoms with Crippen LogP contribution in [0.4, 0.5) is 8.78 Å². The van der Waals surface area contributed by atoms with Crippen LogP contribution in [0.2, 0.25) is 0 Å². The zero-order chi connectivity index (χ0) is 23.8. The van der Waals surface area contributed by atoms with E-state index in [9.17, 15) is 22.0 Å². The molecule has 2 saturated carbocycles. The van der Waals surface area contributed by atoms with Crippen LogP contribution < -0.4 is 4.74 Å². The van der Waals surface area contributed by atoms with Gasteiger partial charge in [0, 0.05) is 37.6 Å². The fourth-order valence-electron chi connectivity index (χ4n) is 4.54. The van der Waals surface area contributed by atoms with E-state index in [0.717, 1.165) is 44.0 Å². The van der Waals surface area contributed by atoms with Crippen molar-refractivity contribution in [1.82, 2.24) is 9.88 Å². The van der Waals surface area contributed by atoms with Gasteiger partial charge in [-0.05, 0) is 50.3 Å². The highest BCUT2D eigenvalue weighted by Gasteiger charge is 2.63. The Labute approximate surface area is 191 Å². The standard InChI is InChI=1S/C23H26F2N2O5S/c1-13(22(2,24)25)32-18-7-6-16(33(3,29)30)8-17(18)21(28)27-10-15-9-23(15,12-27)19-11-31-20(26-19)14-4-5-14/h6-8,11,13-15H,4-5,9-10,12H2,1-3H3/t13-,15?,23?/m1/s1. The van der Waals surface area contributed by atoms with Crippen molar-refractivity contribution in [2.24, 2.45) is 5.92 Å². The Morgan fingerprint density at radius 1 is 1.36 bits per heavy atom. The summed E-state index contributed by atoms with van der Waals surface area (Å²) >= 11 is 0. The van der Waals surface area contributed by atoms with Crippen LogP contribution in [-0.4, -0.2) is 55.6 Å². The Kier molecular flexibility index (Phi) is 4.90. The highest BCUT2D eigenvalue weighted by atomic mass is 32.2. The maximum absolute atomic E-state index is 13.7. The van der Waals surface area contributed by atoms with Crippen molar-refractivity contribution in [3.63, 3.8) is 0 Å². The van der Waals surface area contributed by atoms with Gasteiger partial charge >= 0.3 is 0 Å². The molecule has 1 aromatic heterocycles. The van der Waals surface area contributed by atoms with Gasteiger partial charge in [-0.1, -0.05) is 0 Å². The number of benzene rings is 1. The number of carbonyl (C=O) groups excluding carboxylic acids is 1.